The van der Waals surface area contributed by atoms with Gasteiger partial charge >= 0.3 is 12.1 Å². The first-order valence-corrected chi connectivity index (χ1v) is 5.10. The summed E-state index contributed by atoms with van der Waals surface area (Å²) in [4.78, 5) is 21.6. The Morgan fingerprint density at radius 1 is 1.32 bits per heavy atom. The van der Waals surface area contributed by atoms with Crippen LogP contribution in [0.1, 0.15) is 18.1 Å². The Labute approximate surface area is 106 Å². The molecule has 102 valence electrons. The molecule has 1 amide bonds. The number of carboxylic acids is 1. The van der Waals surface area contributed by atoms with E-state index < -0.39 is 29.3 Å². The molecule has 0 aliphatic carbocycles. The van der Waals surface area contributed by atoms with E-state index in [1.54, 1.807) is 0 Å². The smallest absolute Gasteiger partial charge is 0.416 e. The van der Waals surface area contributed by atoms with Gasteiger partial charge in [-0.05, 0) is 23.8 Å². The van der Waals surface area contributed by atoms with Crippen LogP contribution < -0.4 is 5.32 Å². The molecule has 2 N–H and O–H groups in total. The van der Waals surface area contributed by atoms with Gasteiger partial charge in [0.15, 0.2) is 0 Å². The summed E-state index contributed by atoms with van der Waals surface area (Å²) >= 11 is 0. The quantitative estimate of drug-likeness (QED) is 0.830. The van der Waals surface area contributed by atoms with Gasteiger partial charge in [0.25, 0.3) is 0 Å². The van der Waals surface area contributed by atoms with Gasteiger partial charge in [-0.25, -0.2) is 4.79 Å². The molecular weight excluding hydrogens is 263 g/mol. The van der Waals surface area contributed by atoms with Crippen LogP contribution in [0.15, 0.2) is 30.0 Å². The molecular formula is C12H10F3NO3. The van der Waals surface area contributed by atoms with Gasteiger partial charge in [0.05, 0.1) is 5.56 Å². The third-order valence-corrected chi connectivity index (χ3v) is 2.07. The Hall–Kier alpha value is -2.31. The second-order valence-electron chi connectivity index (χ2n) is 3.67. The molecule has 0 unspecified atom stereocenters. The molecule has 4 nitrogen and oxygen atoms in total. The number of hydrogen-bond acceptors (Lipinski definition) is 2. The minimum Gasteiger partial charge on any atom is -0.477 e. The first-order valence-electron chi connectivity index (χ1n) is 5.10. The zero-order valence-corrected chi connectivity index (χ0v) is 9.78. The number of carbonyl (C=O) groups excluding carboxylic acids is 1. The van der Waals surface area contributed by atoms with Crippen molar-refractivity contribution in [2.75, 3.05) is 0 Å². The average molecular weight is 273 g/mol. The Bertz CT molecular complexity index is 535. The van der Waals surface area contributed by atoms with Crippen molar-refractivity contribution in [3.63, 3.8) is 0 Å². The largest absolute Gasteiger partial charge is 0.477 e. The van der Waals surface area contributed by atoms with E-state index in [0.717, 1.165) is 31.2 Å². The fourth-order valence-electron chi connectivity index (χ4n) is 1.31. The van der Waals surface area contributed by atoms with Crippen molar-refractivity contribution in [2.24, 2.45) is 0 Å². The van der Waals surface area contributed by atoms with E-state index in [1.807, 2.05) is 5.32 Å². The second-order valence-corrected chi connectivity index (χ2v) is 3.67. The molecule has 19 heavy (non-hydrogen) atoms. The lowest BCUT2D eigenvalue weighted by molar-refractivity contribution is -0.137. The predicted octanol–water partition coefficient (Wildman–Crippen LogP) is 2.27. The van der Waals surface area contributed by atoms with Gasteiger partial charge in [0.1, 0.15) is 5.70 Å². The van der Waals surface area contributed by atoms with Gasteiger partial charge in [0, 0.05) is 6.92 Å². The number of carboxylic acid groups (broad SMARTS) is 1. The number of alkyl halides is 3. The lowest BCUT2D eigenvalue weighted by Crippen LogP contribution is -2.24. The van der Waals surface area contributed by atoms with Crippen LogP contribution in [0, 0.1) is 0 Å². The molecule has 0 aliphatic heterocycles. The van der Waals surface area contributed by atoms with Crippen molar-refractivity contribution in [2.45, 2.75) is 13.1 Å². The molecule has 0 fully saturated rings. The van der Waals surface area contributed by atoms with E-state index in [1.165, 1.54) is 6.07 Å². The van der Waals surface area contributed by atoms with E-state index in [-0.39, 0.29) is 5.56 Å². The normalized spacial score (nSPS) is 12.1. The highest BCUT2D eigenvalue weighted by Crippen LogP contribution is 2.29. The zero-order chi connectivity index (χ0) is 14.6. The Kier molecular flexibility index (Phi) is 4.31. The van der Waals surface area contributed by atoms with Crippen LogP contribution in [0.2, 0.25) is 0 Å². The monoisotopic (exact) mass is 273 g/mol. The molecule has 0 saturated carbocycles. The molecule has 0 spiro atoms. The average Bonchev–Trinajstić information content (AvgIpc) is 2.26. The molecule has 0 aliphatic rings. The number of halogens is 3. The Morgan fingerprint density at radius 3 is 2.42 bits per heavy atom. The van der Waals surface area contributed by atoms with Crippen LogP contribution in [0.25, 0.3) is 6.08 Å². The van der Waals surface area contributed by atoms with Gasteiger partial charge in [-0.3, -0.25) is 4.79 Å². The predicted molar refractivity (Wildman–Crippen MR) is 60.9 cm³/mol. The van der Waals surface area contributed by atoms with Crippen LogP contribution in [0.5, 0.6) is 0 Å². The number of benzene rings is 1. The summed E-state index contributed by atoms with van der Waals surface area (Å²) in [6, 6.07) is 4.13. The maximum atomic E-state index is 12.5. The number of nitrogens with one attached hydrogen (secondary N) is 1. The highest BCUT2D eigenvalue weighted by molar-refractivity contribution is 5.96. The molecule has 0 atom stereocenters. The summed E-state index contributed by atoms with van der Waals surface area (Å²) < 4.78 is 37.4. The fourth-order valence-corrected chi connectivity index (χ4v) is 1.31. The molecule has 7 heteroatoms. The standard InChI is InChI=1S/C12H10F3NO3/c1-7(17)16-10(11(18)19)6-8-3-2-4-9(5-8)12(13,14)15/h2-6H,1H3,(H,16,17)(H,18,19). The number of rotatable bonds is 3. The van der Waals surface area contributed by atoms with Gasteiger partial charge < -0.3 is 10.4 Å². The topological polar surface area (TPSA) is 66.4 Å². The van der Waals surface area contributed by atoms with Crippen molar-refractivity contribution in [1.29, 1.82) is 0 Å². The lowest BCUT2D eigenvalue weighted by Gasteiger charge is -2.07. The van der Waals surface area contributed by atoms with Crippen molar-refractivity contribution in [3.8, 4) is 0 Å². The number of hydrogen-bond donors (Lipinski definition) is 2. The van der Waals surface area contributed by atoms with Crippen LogP contribution in [-0.2, 0) is 15.8 Å². The third kappa shape index (κ3) is 4.46. The van der Waals surface area contributed by atoms with Crippen LogP contribution in [0.4, 0.5) is 13.2 Å². The van der Waals surface area contributed by atoms with Crippen LogP contribution >= 0.6 is 0 Å². The molecule has 1 rings (SSSR count). The Morgan fingerprint density at radius 2 is 1.95 bits per heavy atom. The fraction of sp³-hybridized carbons (Fsp3) is 0.167. The van der Waals surface area contributed by atoms with Crippen molar-refractivity contribution >= 4 is 18.0 Å². The molecule has 1 aromatic rings. The second kappa shape index (κ2) is 5.55. The van der Waals surface area contributed by atoms with E-state index in [0.29, 0.717) is 0 Å². The van der Waals surface area contributed by atoms with E-state index >= 15 is 0 Å². The number of carbonyl (C=O) groups is 2. The molecule has 0 bridgehead atoms. The lowest BCUT2D eigenvalue weighted by atomic mass is 10.1. The van der Waals surface area contributed by atoms with Crippen molar-refractivity contribution < 1.29 is 27.9 Å². The zero-order valence-electron chi connectivity index (χ0n) is 9.78. The maximum Gasteiger partial charge on any atom is 0.416 e. The molecule has 1 aromatic carbocycles. The molecule has 0 saturated heterocycles. The number of aliphatic carboxylic acids is 1. The van der Waals surface area contributed by atoms with Crippen molar-refractivity contribution in [1.82, 2.24) is 5.32 Å². The van der Waals surface area contributed by atoms with E-state index in [4.69, 9.17) is 5.11 Å². The highest BCUT2D eigenvalue weighted by Gasteiger charge is 2.30. The summed E-state index contributed by atoms with van der Waals surface area (Å²) in [5.41, 5.74) is -1.36. The minimum atomic E-state index is -4.51. The SMILES string of the molecule is CC(=O)NC(=Cc1cccc(C(F)(F)F)c1)C(=O)O. The number of amides is 1. The first kappa shape index (κ1) is 14.7. The van der Waals surface area contributed by atoms with Gasteiger partial charge in [-0.1, -0.05) is 12.1 Å². The van der Waals surface area contributed by atoms with Crippen LogP contribution in [0.3, 0.4) is 0 Å². The summed E-state index contributed by atoms with van der Waals surface area (Å²) in [5, 5.41) is 10.8. The van der Waals surface area contributed by atoms with Crippen molar-refractivity contribution in [3.05, 3.63) is 41.1 Å². The van der Waals surface area contributed by atoms with Gasteiger partial charge in [0.2, 0.25) is 5.91 Å². The van der Waals surface area contributed by atoms with E-state index in [2.05, 4.69) is 0 Å². The maximum absolute atomic E-state index is 12.5. The summed E-state index contributed by atoms with van der Waals surface area (Å²) in [6.45, 7) is 1.10. The molecule has 0 aromatic heterocycles. The van der Waals surface area contributed by atoms with Gasteiger partial charge in [-0.2, -0.15) is 13.2 Å². The minimum absolute atomic E-state index is 0.0287. The summed E-state index contributed by atoms with van der Waals surface area (Å²) in [7, 11) is 0. The summed E-state index contributed by atoms with van der Waals surface area (Å²) in [6.07, 6.45) is -3.56. The first-order chi connectivity index (χ1) is 8.70. The third-order valence-electron chi connectivity index (χ3n) is 2.07. The van der Waals surface area contributed by atoms with Crippen LogP contribution in [-0.4, -0.2) is 17.0 Å². The molecule has 0 radical (unpaired) electrons. The summed E-state index contributed by atoms with van der Waals surface area (Å²) in [5.74, 6) is -2.06. The van der Waals surface area contributed by atoms with E-state index in [9.17, 15) is 22.8 Å². The Balaban J connectivity index is 3.15. The highest BCUT2D eigenvalue weighted by atomic mass is 19.4. The molecule has 0 heterocycles. The van der Waals surface area contributed by atoms with Gasteiger partial charge in [-0.15, -0.1) is 0 Å².